The van der Waals surface area contributed by atoms with E-state index in [0.717, 1.165) is 42.1 Å². The van der Waals surface area contributed by atoms with Gasteiger partial charge in [0.05, 0.1) is 16.8 Å². The molecule has 9 heteroatoms. The number of aromatic nitrogens is 2. The van der Waals surface area contributed by atoms with Crippen LogP contribution >= 0.6 is 11.3 Å². The molecule has 0 aliphatic rings. The van der Waals surface area contributed by atoms with Crippen molar-refractivity contribution in [3.63, 3.8) is 0 Å². The van der Waals surface area contributed by atoms with Crippen LogP contribution in [0.4, 0.5) is 10.8 Å². The van der Waals surface area contributed by atoms with Crippen molar-refractivity contribution in [2.75, 3.05) is 5.32 Å². The fraction of sp³-hybridized carbons (Fsp3) is 0.357. The molecule has 0 atom stereocenters. The number of amides is 1. The van der Waals surface area contributed by atoms with Crippen LogP contribution in [0, 0.1) is 10.1 Å². The first kappa shape index (κ1) is 16.8. The quantitative estimate of drug-likeness (QED) is 0.620. The highest BCUT2D eigenvalue weighted by Gasteiger charge is 2.18. The number of carbonyl (C=O) groups excluding carboxylic acids is 1. The molecule has 2 N–H and O–H groups in total. The number of nitrogens with one attached hydrogen (secondary N) is 2. The zero-order valence-corrected chi connectivity index (χ0v) is 13.5. The van der Waals surface area contributed by atoms with E-state index in [1.165, 1.54) is 11.3 Å². The Morgan fingerprint density at radius 2 is 2.22 bits per heavy atom. The Hall–Kier alpha value is -2.55. The monoisotopic (exact) mass is 336 g/mol. The number of pyridine rings is 1. The molecule has 0 radical (unpaired) electrons. The molecule has 2 rings (SSSR count). The van der Waals surface area contributed by atoms with Crippen LogP contribution in [0.25, 0.3) is 0 Å². The maximum Gasteiger partial charge on any atom is 0.286 e. The molecule has 8 nitrogen and oxygen atoms in total. The molecule has 0 aromatic carbocycles. The largest absolute Gasteiger partial charge is 0.322 e. The summed E-state index contributed by atoms with van der Waals surface area (Å²) in [7, 11) is 0. The SMILES string of the molecule is CCCc1nc(NC(=O)c2cc([N+](=O)[O-])c[nH]c2=O)sc1CC. The smallest absolute Gasteiger partial charge is 0.286 e. The molecular weight excluding hydrogens is 320 g/mol. The summed E-state index contributed by atoms with van der Waals surface area (Å²) in [6.07, 6.45) is 3.51. The molecule has 2 aromatic rings. The zero-order valence-electron chi connectivity index (χ0n) is 12.7. The van der Waals surface area contributed by atoms with Crippen LogP contribution in [0.5, 0.6) is 0 Å². The fourth-order valence-electron chi connectivity index (χ4n) is 2.06. The van der Waals surface area contributed by atoms with Crippen LogP contribution in [0.15, 0.2) is 17.1 Å². The van der Waals surface area contributed by atoms with Crippen LogP contribution < -0.4 is 10.9 Å². The van der Waals surface area contributed by atoms with E-state index >= 15 is 0 Å². The molecule has 0 aliphatic heterocycles. The van der Waals surface area contributed by atoms with Crippen molar-refractivity contribution in [1.29, 1.82) is 0 Å². The van der Waals surface area contributed by atoms with Crippen LogP contribution in [-0.4, -0.2) is 20.8 Å². The summed E-state index contributed by atoms with van der Waals surface area (Å²) < 4.78 is 0. The third-order valence-corrected chi connectivity index (χ3v) is 4.31. The number of thiazole rings is 1. The molecule has 2 aromatic heterocycles. The van der Waals surface area contributed by atoms with E-state index in [4.69, 9.17) is 0 Å². The summed E-state index contributed by atoms with van der Waals surface area (Å²) in [5, 5.41) is 13.7. The van der Waals surface area contributed by atoms with Gasteiger partial charge in [0, 0.05) is 10.9 Å². The third-order valence-electron chi connectivity index (χ3n) is 3.15. The highest BCUT2D eigenvalue weighted by atomic mass is 32.1. The standard InChI is InChI=1S/C14H16N4O4S/c1-3-5-10-11(4-2)23-14(16-10)17-13(20)9-6-8(18(21)22)7-15-12(9)19/h6-7H,3-5H2,1-2H3,(H,15,19)(H,16,17,20). The molecule has 0 spiro atoms. The molecule has 23 heavy (non-hydrogen) atoms. The first-order chi connectivity index (χ1) is 11.0. The summed E-state index contributed by atoms with van der Waals surface area (Å²) in [4.78, 5) is 41.6. The number of hydrogen-bond donors (Lipinski definition) is 2. The zero-order chi connectivity index (χ0) is 17.0. The van der Waals surface area contributed by atoms with Crippen molar-refractivity contribution in [2.45, 2.75) is 33.1 Å². The van der Waals surface area contributed by atoms with Crippen molar-refractivity contribution >= 4 is 28.1 Å². The number of nitro groups is 1. The average molecular weight is 336 g/mol. The molecule has 2 heterocycles. The Morgan fingerprint density at radius 1 is 1.48 bits per heavy atom. The van der Waals surface area contributed by atoms with E-state index in [1.54, 1.807) is 0 Å². The van der Waals surface area contributed by atoms with Gasteiger partial charge in [-0.3, -0.25) is 25.0 Å². The van der Waals surface area contributed by atoms with Gasteiger partial charge < -0.3 is 4.98 Å². The van der Waals surface area contributed by atoms with Crippen LogP contribution in [0.1, 0.15) is 41.2 Å². The lowest BCUT2D eigenvalue weighted by atomic mass is 10.2. The van der Waals surface area contributed by atoms with Crippen molar-refractivity contribution in [3.05, 3.63) is 48.9 Å². The van der Waals surface area contributed by atoms with Gasteiger partial charge in [-0.15, -0.1) is 11.3 Å². The molecule has 122 valence electrons. The molecule has 0 aliphatic carbocycles. The number of anilines is 1. The number of carbonyl (C=O) groups is 1. The third kappa shape index (κ3) is 3.81. The molecule has 1 amide bonds. The Morgan fingerprint density at radius 3 is 2.83 bits per heavy atom. The minimum Gasteiger partial charge on any atom is -0.322 e. The first-order valence-corrected chi connectivity index (χ1v) is 7.94. The summed E-state index contributed by atoms with van der Waals surface area (Å²) >= 11 is 1.35. The van der Waals surface area contributed by atoms with Gasteiger partial charge in [0.1, 0.15) is 5.56 Å². The minimum absolute atomic E-state index is 0.315. The average Bonchev–Trinajstić information content (AvgIpc) is 2.89. The summed E-state index contributed by atoms with van der Waals surface area (Å²) in [6, 6.07) is 0.954. The lowest BCUT2D eigenvalue weighted by molar-refractivity contribution is -0.385. The maximum atomic E-state index is 12.2. The van der Waals surface area contributed by atoms with E-state index in [9.17, 15) is 19.7 Å². The van der Waals surface area contributed by atoms with Gasteiger partial charge in [0.25, 0.3) is 17.2 Å². The van der Waals surface area contributed by atoms with E-state index < -0.39 is 16.4 Å². The number of aromatic amines is 1. The highest BCUT2D eigenvalue weighted by molar-refractivity contribution is 7.15. The van der Waals surface area contributed by atoms with Gasteiger partial charge in [-0.1, -0.05) is 20.3 Å². The van der Waals surface area contributed by atoms with Crippen molar-refractivity contribution in [3.8, 4) is 0 Å². The second kappa shape index (κ2) is 7.14. The van der Waals surface area contributed by atoms with Gasteiger partial charge in [-0.2, -0.15) is 0 Å². The summed E-state index contributed by atoms with van der Waals surface area (Å²) in [5.41, 5.74) is -0.420. The molecular formula is C14H16N4O4S. The van der Waals surface area contributed by atoms with Crippen LogP contribution in [0.2, 0.25) is 0 Å². The number of hydrogen-bond acceptors (Lipinski definition) is 6. The first-order valence-electron chi connectivity index (χ1n) is 7.13. The normalized spacial score (nSPS) is 10.5. The molecule has 0 saturated heterocycles. The maximum absolute atomic E-state index is 12.2. The van der Waals surface area contributed by atoms with Crippen LogP contribution in [0.3, 0.4) is 0 Å². The van der Waals surface area contributed by atoms with E-state index in [1.807, 2.05) is 13.8 Å². The Bertz CT molecular complexity index is 796. The molecule has 0 unspecified atom stereocenters. The van der Waals surface area contributed by atoms with Crippen molar-refractivity contribution in [2.24, 2.45) is 0 Å². The number of rotatable bonds is 6. The minimum atomic E-state index is -0.714. The van der Waals surface area contributed by atoms with Gasteiger partial charge >= 0.3 is 0 Å². The fourth-order valence-corrected chi connectivity index (χ4v) is 3.00. The van der Waals surface area contributed by atoms with Gasteiger partial charge in [-0.25, -0.2) is 4.98 Å². The second-order valence-corrected chi connectivity index (χ2v) is 5.89. The van der Waals surface area contributed by atoms with Crippen LogP contribution in [-0.2, 0) is 12.8 Å². The van der Waals surface area contributed by atoms with E-state index in [-0.39, 0.29) is 11.3 Å². The Kier molecular flexibility index (Phi) is 5.22. The predicted molar refractivity (Wildman–Crippen MR) is 87.2 cm³/mol. The van der Waals surface area contributed by atoms with Crippen molar-refractivity contribution < 1.29 is 9.72 Å². The summed E-state index contributed by atoms with van der Waals surface area (Å²) in [5.74, 6) is -0.714. The lowest BCUT2D eigenvalue weighted by Crippen LogP contribution is -2.23. The van der Waals surface area contributed by atoms with E-state index in [0.29, 0.717) is 5.13 Å². The molecule has 0 fully saturated rings. The highest BCUT2D eigenvalue weighted by Crippen LogP contribution is 2.25. The summed E-state index contributed by atoms with van der Waals surface area (Å²) in [6.45, 7) is 4.04. The van der Waals surface area contributed by atoms with Gasteiger partial charge in [0.2, 0.25) is 0 Å². The van der Waals surface area contributed by atoms with Crippen molar-refractivity contribution in [1.82, 2.24) is 9.97 Å². The van der Waals surface area contributed by atoms with E-state index in [2.05, 4.69) is 15.3 Å². The molecule has 0 bridgehead atoms. The van der Waals surface area contributed by atoms with Gasteiger partial charge in [0.15, 0.2) is 5.13 Å². The Labute approximate surface area is 135 Å². The number of aryl methyl sites for hydroxylation is 2. The lowest BCUT2D eigenvalue weighted by Gasteiger charge is -2.00. The molecule has 0 saturated carbocycles. The Balaban J connectivity index is 2.27. The number of H-pyrrole nitrogens is 1. The predicted octanol–water partition coefficient (Wildman–Crippen LogP) is 2.51. The topological polar surface area (TPSA) is 118 Å². The number of nitrogens with zero attached hydrogens (tertiary/aromatic N) is 2. The second-order valence-electron chi connectivity index (χ2n) is 4.80. The van der Waals surface area contributed by atoms with Gasteiger partial charge in [-0.05, 0) is 12.8 Å².